The Bertz CT molecular complexity index is 637. The molecule has 0 bridgehead atoms. The molecule has 1 aliphatic carbocycles. The molecule has 1 aliphatic rings. The van der Waals surface area contributed by atoms with Crippen LogP contribution in [0.15, 0.2) is 4.90 Å². The van der Waals surface area contributed by atoms with Crippen LogP contribution in [0.1, 0.15) is 36.4 Å². The SMILES string of the molecule is CCC1CC1Nc1sc(C(N)=O)c(N)c1S(=O)(=O)CC. The lowest BCUT2D eigenvalue weighted by Gasteiger charge is -2.07. The fourth-order valence-corrected chi connectivity index (χ4v) is 4.77. The van der Waals surface area contributed by atoms with E-state index in [0.29, 0.717) is 10.9 Å². The van der Waals surface area contributed by atoms with E-state index >= 15 is 0 Å². The van der Waals surface area contributed by atoms with Crippen LogP contribution < -0.4 is 16.8 Å². The summed E-state index contributed by atoms with van der Waals surface area (Å²) in [5, 5.41) is 3.64. The van der Waals surface area contributed by atoms with E-state index in [4.69, 9.17) is 11.5 Å². The second-order valence-electron chi connectivity index (χ2n) is 4.93. The highest BCUT2D eigenvalue weighted by Crippen LogP contribution is 2.44. The Morgan fingerprint density at radius 1 is 1.45 bits per heavy atom. The Balaban J connectivity index is 2.44. The van der Waals surface area contributed by atoms with Crippen molar-refractivity contribution >= 4 is 37.8 Å². The maximum absolute atomic E-state index is 12.2. The molecule has 2 atom stereocenters. The molecule has 0 spiro atoms. The number of hydrogen-bond acceptors (Lipinski definition) is 6. The van der Waals surface area contributed by atoms with E-state index in [1.165, 1.54) is 0 Å². The average Bonchev–Trinajstić information content (AvgIpc) is 3.04. The van der Waals surface area contributed by atoms with E-state index in [1.54, 1.807) is 6.92 Å². The molecule has 1 aromatic rings. The molecule has 6 nitrogen and oxygen atoms in total. The second-order valence-corrected chi connectivity index (χ2v) is 8.16. The normalized spacial score (nSPS) is 21.7. The topological polar surface area (TPSA) is 115 Å². The number of primary amides is 1. The monoisotopic (exact) mass is 317 g/mol. The van der Waals surface area contributed by atoms with E-state index in [9.17, 15) is 13.2 Å². The van der Waals surface area contributed by atoms with Crippen LogP contribution >= 0.6 is 11.3 Å². The number of nitrogen functional groups attached to an aromatic ring is 1. The van der Waals surface area contributed by atoms with Gasteiger partial charge in [-0.05, 0) is 12.3 Å². The van der Waals surface area contributed by atoms with Crippen LogP contribution in [0.2, 0.25) is 0 Å². The molecule has 1 saturated carbocycles. The average molecular weight is 317 g/mol. The van der Waals surface area contributed by atoms with Crippen molar-refractivity contribution in [3.05, 3.63) is 4.88 Å². The molecule has 112 valence electrons. The van der Waals surface area contributed by atoms with Gasteiger partial charge in [0.15, 0.2) is 9.84 Å². The third-order valence-electron chi connectivity index (χ3n) is 3.58. The van der Waals surface area contributed by atoms with Crippen molar-refractivity contribution in [2.24, 2.45) is 11.7 Å². The molecule has 2 unspecified atom stereocenters. The summed E-state index contributed by atoms with van der Waals surface area (Å²) >= 11 is 1.03. The van der Waals surface area contributed by atoms with Crippen molar-refractivity contribution in [3.63, 3.8) is 0 Å². The Labute approximate surface area is 122 Å². The number of hydrogen-bond donors (Lipinski definition) is 3. The quantitative estimate of drug-likeness (QED) is 0.734. The number of anilines is 2. The molecule has 5 N–H and O–H groups in total. The molecule has 1 fully saturated rings. The predicted octanol–water partition coefficient (Wildman–Crippen LogP) is 1.43. The Hall–Kier alpha value is -1.28. The van der Waals surface area contributed by atoms with Gasteiger partial charge in [0.25, 0.3) is 5.91 Å². The zero-order chi connectivity index (χ0) is 15.1. The number of rotatable bonds is 6. The van der Waals surface area contributed by atoms with Gasteiger partial charge in [-0.15, -0.1) is 11.3 Å². The minimum Gasteiger partial charge on any atom is -0.396 e. The van der Waals surface area contributed by atoms with Gasteiger partial charge < -0.3 is 16.8 Å². The smallest absolute Gasteiger partial charge is 0.261 e. The van der Waals surface area contributed by atoms with Gasteiger partial charge in [0.1, 0.15) is 14.8 Å². The first kappa shape index (κ1) is 15.1. The van der Waals surface area contributed by atoms with Crippen LogP contribution in [-0.4, -0.2) is 26.1 Å². The fourth-order valence-electron chi connectivity index (χ4n) is 2.20. The van der Waals surface area contributed by atoms with Gasteiger partial charge in [0.2, 0.25) is 0 Å². The molecule has 0 saturated heterocycles. The summed E-state index contributed by atoms with van der Waals surface area (Å²) in [6, 6.07) is 0.254. The molecule has 0 radical (unpaired) electrons. The predicted molar refractivity (Wildman–Crippen MR) is 80.8 cm³/mol. The van der Waals surface area contributed by atoms with E-state index in [1.807, 2.05) is 0 Å². The van der Waals surface area contributed by atoms with E-state index in [-0.39, 0.29) is 27.3 Å². The van der Waals surface area contributed by atoms with Crippen molar-refractivity contribution < 1.29 is 13.2 Å². The summed E-state index contributed by atoms with van der Waals surface area (Å²) in [6.07, 6.45) is 2.04. The summed E-state index contributed by atoms with van der Waals surface area (Å²) in [5.41, 5.74) is 11.0. The second kappa shape index (κ2) is 5.25. The number of nitrogens with one attached hydrogen (secondary N) is 1. The summed E-state index contributed by atoms with van der Waals surface area (Å²) in [6.45, 7) is 3.64. The van der Waals surface area contributed by atoms with Gasteiger partial charge in [0, 0.05) is 6.04 Å². The first-order chi connectivity index (χ1) is 9.31. The van der Waals surface area contributed by atoms with Gasteiger partial charge >= 0.3 is 0 Å². The number of amides is 1. The van der Waals surface area contributed by atoms with E-state index in [2.05, 4.69) is 12.2 Å². The summed E-state index contributed by atoms with van der Waals surface area (Å²) in [4.78, 5) is 11.5. The summed E-state index contributed by atoms with van der Waals surface area (Å²) < 4.78 is 24.3. The van der Waals surface area contributed by atoms with Gasteiger partial charge in [-0.2, -0.15) is 0 Å². The van der Waals surface area contributed by atoms with Crippen molar-refractivity contribution in [2.75, 3.05) is 16.8 Å². The lowest BCUT2D eigenvalue weighted by molar-refractivity contribution is 0.100. The maximum Gasteiger partial charge on any atom is 0.261 e. The maximum atomic E-state index is 12.2. The third kappa shape index (κ3) is 2.62. The lowest BCUT2D eigenvalue weighted by Crippen LogP contribution is -2.13. The van der Waals surface area contributed by atoms with Crippen LogP contribution in [0.5, 0.6) is 0 Å². The van der Waals surface area contributed by atoms with E-state index < -0.39 is 15.7 Å². The zero-order valence-electron chi connectivity index (χ0n) is 11.5. The molecule has 0 aromatic carbocycles. The molecule has 0 aliphatic heterocycles. The molecule has 20 heavy (non-hydrogen) atoms. The minimum absolute atomic E-state index is 0.0273. The first-order valence-corrected chi connectivity index (χ1v) is 9.00. The molecule has 2 rings (SSSR count). The lowest BCUT2D eigenvalue weighted by atomic mass is 10.3. The largest absolute Gasteiger partial charge is 0.396 e. The van der Waals surface area contributed by atoms with Crippen LogP contribution in [0.4, 0.5) is 10.7 Å². The van der Waals surface area contributed by atoms with Gasteiger partial charge in [-0.3, -0.25) is 4.79 Å². The van der Waals surface area contributed by atoms with Crippen molar-refractivity contribution in [3.8, 4) is 0 Å². The number of carbonyl (C=O) groups is 1. The molecule has 1 heterocycles. The molecule has 1 aromatic heterocycles. The van der Waals surface area contributed by atoms with Crippen LogP contribution in [0.25, 0.3) is 0 Å². The number of nitrogens with two attached hydrogens (primary N) is 2. The number of thiophene rings is 1. The Morgan fingerprint density at radius 2 is 2.10 bits per heavy atom. The van der Waals surface area contributed by atoms with Crippen LogP contribution in [0, 0.1) is 5.92 Å². The Kier molecular flexibility index (Phi) is 3.97. The minimum atomic E-state index is -3.50. The van der Waals surface area contributed by atoms with Crippen molar-refractivity contribution in [1.29, 1.82) is 0 Å². The molecule has 8 heteroatoms. The van der Waals surface area contributed by atoms with E-state index in [0.717, 1.165) is 24.2 Å². The van der Waals surface area contributed by atoms with Gasteiger partial charge in [0.05, 0.1) is 11.4 Å². The standard InChI is InChI=1S/C12H19N3O3S2/c1-3-6-5-7(6)15-12-10(20(17,18)4-2)8(13)9(19-12)11(14)16/h6-7,15H,3-5,13H2,1-2H3,(H2,14,16). The summed E-state index contributed by atoms with van der Waals surface area (Å²) in [7, 11) is -3.50. The van der Waals surface area contributed by atoms with Gasteiger partial charge in [-0.25, -0.2) is 8.42 Å². The summed E-state index contributed by atoms with van der Waals surface area (Å²) in [5.74, 6) is -0.216. The molecule has 1 amide bonds. The van der Waals surface area contributed by atoms with Crippen molar-refractivity contribution in [2.45, 2.75) is 37.6 Å². The van der Waals surface area contributed by atoms with Gasteiger partial charge in [-0.1, -0.05) is 20.3 Å². The highest BCUT2D eigenvalue weighted by Gasteiger charge is 2.38. The molecular formula is C12H19N3O3S2. The Morgan fingerprint density at radius 3 is 2.55 bits per heavy atom. The molecular weight excluding hydrogens is 298 g/mol. The third-order valence-corrected chi connectivity index (χ3v) is 6.66. The van der Waals surface area contributed by atoms with Crippen LogP contribution in [-0.2, 0) is 9.84 Å². The van der Waals surface area contributed by atoms with Crippen molar-refractivity contribution in [1.82, 2.24) is 0 Å². The highest BCUT2D eigenvalue weighted by molar-refractivity contribution is 7.91. The first-order valence-electron chi connectivity index (χ1n) is 6.53. The fraction of sp³-hybridized carbons (Fsp3) is 0.583. The zero-order valence-corrected chi connectivity index (χ0v) is 13.1. The highest BCUT2D eigenvalue weighted by atomic mass is 32.2. The number of carbonyl (C=O) groups excluding carboxylic acids is 1. The number of sulfone groups is 1. The van der Waals surface area contributed by atoms with Crippen LogP contribution in [0.3, 0.4) is 0 Å².